The van der Waals surface area contributed by atoms with Crippen molar-refractivity contribution in [3.05, 3.63) is 47.0 Å². The largest absolute Gasteiger partial charge is 0.495 e. The predicted molar refractivity (Wildman–Crippen MR) is 161 cm³/mol. The first kappa shape index (κ1) is 32.3. The van der Waals surface area contributed by atoms with Crippen LogP contribution in [0.25, 0.3) is 5.57 Å². The summed E-state index contributed by atoms with van der Waals surface area (Å²) in [6, 6.07) is 6.25. The second-order valence-corrected chi connectivity index (χ2v) is 11.4. The van der Waals surface area contributed by atoms with Gasteiger partial charge in [-0.1, -0.05) is 19.9 Å². The average Bonchev–Trinajstić information content (AvgIpc) is 3.08. The smallest absolute Gasteiger partial charge is 0.408 e. The minimum Gasteiger partial charge on any atom is -0.495 e. The average molecular weight is 583 g/mol. The van der Waals surface area contributed by atoms with Crippen molar-refractivity contribution < 1.29 is 38.1 Å². The van der Waals surface area contributed by atoms with Crippen LogP contribution >= 0.6 is 0 Å². The Bertz CT molecular complexity index is 1360. The summed E-state index contributed by atoms with van der Waals surface area (Å²) in [5, 5.41) is 5.61. The lowest BCUT2D eigenvalue weighted by atomic mass is 9.92. The van der Waals surface area contributed by atoms with Crippen LogP contribution in [0.5, 0.6) is 23.0 Å². The Kier molecular flexibility index (Phi) is 10.5. The molecule has 10 heteroatoms. The molecule has 0 aromatic heterocycles. The molecule has 2 aromatic rings. The second kappa shape index (κ2) is 13.6. The molecule has 1 aliphatic rings. The lowest BCUT2D eigenvalue weighted by Gasteiger charge is -2.24. The van der Waals surface area contributed by atoms with Gasteiger partial charge in [-0.05, 0) is 80.5 Å². The van der Waals surface area contributed by atoms with Gasteiger partial charge >= 0.3 is 6.09 Å². The molecule has 0 saturated carbocycles. The standard InChI is InChI=1S/C32H42N2O8/c1-18(2)14-25(34-31(37)42-32(3,4)5)30(36)33-24-15-19(10-13-26(24)38-6)22-16-20(35)11-12-21-23(22)17-27(39-7)29(41-9)28(21)40-8/h10,13,15-18,25H,11-12,14H2,1-9H3,(H,33,36)(H,34,37). The van der Waals surface area contributed by atoms with Crippen LogP contribution < -0.4 is 29.6 Å². The minimum absolute atomic E-state index is 0.0545. The number of anilines is 1. The lowest BCUT2D eigenvalue weighted by molar-refractivity contribution is -0.118. The summed E-state index contributed by atoms with van der Waals surface area (Å²) in [6.45, 7) is 9.19. The van der Waals surface area contributed by atoms with Crippen LogP contribution in [0.1, 0.15) is 64.2 Å². The number of rotatable bonds is 10. The third kappa shape index (κ3) is 7.74. The minimum atomic E-state index is -0.853. The van der Waals surface area contributed by atoms with Crippen molar-refractivity contribution >= 4 is 29.0 Å². The van der Waals surface area contributed by atoms with Gasteiger partial charge in [0.25, 0.3) is 0 Å². The molecule has 10 nitrogen and oxygen atoms in total. The maximum atomic E-state index is 13.5. The Labute approximate surface area is 247 Å². The summed E-state index contributed by atoms with van der Waals surface area (Å²) >= 11 is 0. The van der Waals surface area contributed by atoms with E-state index >= 15 is 0 Å². The Morgan fingerprint density at radius 1 is 0.905 bits per heavy atom. The summed E-state index contributed by atoms with van der Waals surface area (Å²) in [6.07, 6.45) is 2.04. The Morgan fingerprint density at radius 3 is 2.14 bits per heavy atom. The number of amides is 2. The highest BCUT2D eigenvalue weighted by atomic mass is 16.6. The number of ether oxygens (including phenoxy) is 5. The van der Waals surface area contributed by atoms with Gasteiger partial charge < -0.3 is 34.3 Å². The highest BCUT2D eigenvalue weighted by Gasteiger charge is 2.28. The molecule has 1 atom stereocenters. The van der Waals surface area contributed by atoms with Crippen molar-refractivity contribution in [3.8, 4) is 23.0 Å². The summed E-state index contributed by atoms with van der Waals surface area (Å²) < 4.78 is 27.8. The fraction of sp³-hybridized carbons (Fsp3) is 0.469. The van der Waals surface area contributed by atoms with E-state index in [-0.39, 0.29) is 18.1 Å². The van der Waals surface area contributed by atoms with Crippen molar-refractivity contribution in [2.45, 2.75) is 65.5 Å². The molecule has 42 heavy (non-hydrogen) atoms. The molecular formula is C32H42N2O8. The number of carbonyl (C=O) groups is 3. The monoisotopic (exact) mass is 582 g/mol. The first-order valence-corrected chi connectivity index (χ1v) is 13.9. The van der Waals surface area contributed by atoms with E-state index in [9.17, 15) is 14.4 Å². The number of hydrogen-bond acceptors (Lipinski definition) is 8. The van der Waals surface area contributed by atoms with Crippen molar-refractivity contribution in [1.82, 2.24) is 5.32 Å². The summed E-state index contributed by atoms with van der Waals surface area (Å²) in [7, 11) is 6.12. The molecule has 0 saturated heterocycles. The van der Waals surface area contributed by atoms with Crippen LogP contribution in [0.4, 0.5) is 10.5 Å². The number of allylic oxidation sites excluding steroid dienone is 1. The molecule has 3 rings (SSSR count). The van der Waals surface area contributed by atoms with Crippen LogP contribution in [0.15, 0.2) is 30.3 Å². The van der Waals surface area contributed by atoms with Crippen molar-refractivity contribution in [2.24, 2.45) is 5.92 Å². The molecular weight excluding hydrogens is 540 g/mol. The number of benzene rings is 2. The topological polar surface area (TPSA) is 121 Å². The van der Waals surface area contributed by atoms with Gasteiger partial charge in [0.05, 0.1) is 34.1 Å². The number of alkyl carbamates (subject to hydrolysis) is 1. The van der Waals surface area contributed by atoms with E-state index in [4.69, 9.17) is 23.7 Å². The zero-order chi connectivity index (χ0) is 31.2. The normalized spacial score (nSPS) is 13.8. The fourth-order valence-electron chi connectivity index (χ4n) is 4.85. The zero-order valence-electron chi connectivity index (χ0n) is 25.9. The van der Waals surface area contributed by atoms with E-state index in [0.29, 0.717) is 52.7 Å². The van der Waals surface area contributed by atoms with Gasteiger partial charge in [-0.2, -0.15) is 0 Å². The van der Waals surface area contributed by atoms with Crippen LogP contribution in [-0.2, 0) is 20.7 Å². The van der Waals surface area contributed by atoms with E-state index in [0.717, 1.165) is 11.1 Å². The van der Waals surface area contributed by atoms with Gasteiger partial charge in [-0.25, -0.2) is 4.79 Å². The number of nitrogens with one attached hydrogen (secondary N) is 2. The molecule has 2 amide bonds. The second-order valence-electron chi connectivity index (χ2n) is 11.4. The number of ketones is 1. The number of hydrogen-bond donors (Lipinski definition) is 2. The lowest BCUT2D eigenvalue weighted by Crippen LogP contribution is -2.46. The number of methoxy groups -OCH3 is 4. The van der Waals surface area contributed by atoms with Crippen LogP contribution in [0.3, 0.4) is 0 Å². The van der Waals surface area contributed by atoms with Gasteiger partial charge in [-0.15, -0.1) is 0 Å². The van der Waals surface area contributed by atoms with E-state index in [1.165, 1.54) is 21.3 Å². The third-order valence-corrected chi connectivity index (χ3v) is 6.63. The highest BCUT2D eigenvalue weighted by Crippen LogP contribution is 2.46. The van der Waals surface area contributed by atoms with Gasteiger partial charge in [0.15, 0.2) is 17.3 Å². The van der Waals surface area contributed by atoms with Crippen molar-refractivity contribution in [1.29, 1.82) is 0 Å². The predicted octanol–water partition coefficient (Wildman–Crippen LogP) is 5.55. The number of carbonyl (C=O) groups excluding carboxylic acids is 3. The fourth-order valence-corrected chi connectivity index (χ4v) is 4.85. The molecule has 228 valence electrons. The summed E-state index contributed by atoms with van der Waals surface area (Å²) in [4.78, 5) is 38.9. The Morgan fingerprint density at radius 2 is 1.57 bits per heavy atom. The van der Waals surface area contributed by atoms with Gasteiger partial charge in [0, 0.05) is 12.0 Å². The molecule has 0 bridgehead atoms. The van der Waals surface area contributed by atoms with Gasteiger partial charge in [0.1, 0.15) is 17.4 Å². The Balaban J connectivity index is 2.06. The van der Waals surface area contributed by atoms with E-state index < -0.39 is 23.6 Å². The molecule has 0 radical (unpaired) electrons. The molecule has 2 aromatic carbocycles. The van der Waals surface area contributed by atoms with Crippen LogP contribution in [0, 0.1) is 5.92 Å². The molecule has 1 unspecified atom stereocenters. The number of fused-ring (bicyclic) bond motifs is 1. The van der Waals surface area contributed by atoms with Crippen molar-refractivity contribution in [2.75, 3.05) is 33.8 Å². The highest BCUT2D eigenvalue weighted by molar-refractivity contribution is 6.04. The summed E-state index contributed by atoms with van der Waals surface area (Å²) in [5.41, 5.74) is 2.53. The quantitative estimate of drug-likeness (QED) is 0.374. The van der Waals surface area contributed by atoms with Crippen LogP contribution in [0.2, 0.25) is 0 Å². The Hall–Kier alpha value is -4.21. The first-order valence-electron chi connectivity index (χ1n) is 13.9. The molecule has 0 fully saturated rings. The summed E-state index contributed by atoms with van der Waals surface area (Å²) in [5.74, 6) is 1.46. The van der Waals surface area contributed by atoms with Crippen LogP contribution in [-0.4, -0.2) is 57.9 Å². The molecule has 0 aliphatic heterocycles. The maximum Gasteiger partial charge on any atom is 0.408 e. The SMILES string of the molecule is COc1ccc(C2=CC(=O)CCc3c2cc(OC)c(OC)c3OC)cc1NC(=O)C(CC(C)C)NC(=O)OC(C)(C)C. The zero-order valence-corrected chi connectivity index (χ0v) is 25.9. The maximum absolute atomic E-state index is 13.5. The van der Waals surface area contributed by atoms with Gasteiger partial charge in [-0.3, -0.25) is 9.59 Å². The third-order valence-electron chi connectivity index (χ3n) is 6.63. The molecule has 0 heterocycles. The van der Waals surface area contributed by atoms with E-state index in [1.807, 2.05) is 26.0 Å². The van der Waals surface area contributed by atoms with Crippen molar-refractivity contribution in [3.63, 3.8) is 0 Å². The molecule has 2 N–H and O–H groups in total. The first-order chi connectivity index (χ1) is 19.8. The molecule has 0 spiro atoms. The van der Waals surface area contributed by atoms with Gasteiger partial charge in [0.2, 0.25) is 11.7 Å². The van der Waals surface area contributed by atoms with E-state index in [1.54, 1.807) is 46.1 Å². The van der Waals surface area contributed by atoms with E-state index in [2.05, 4.69) is 10.6 Å². The molecule has 1 aliphatic carbocycles.